The molecule has 1 unspecified atom stereocenters. The van der Waals surface area contributed by atoms with Crippen molar-refractivity contribution in [2.75, 3.05) is 19.6 Å². The number of amides is 1. The molecule has 1 heterocycles. The molecule has 0 aromatic heterocycles. The molecule has 2 rings (SSSR count). The third-order valence-corrected chi connectivity index (χ3v) is 3.43. The highest BCUT2D eigenvalue weighted by Gasteiger charge is 2.15. The monoisotopic (exact) mass is 286 g/mol. The van der Waals surface area contributed by atoms with Crippen LogP contribution < -0.4 is 10.6 Å². The summed E-state index contributed by atoms with van der Waals surface area (Å²) in [7, 11) is 0. The molecule has 1 fully saturated rings. The molecule has 0 spiro atoms. The number of aryl methyl sites for hydroxylation is 1. The van der Waals surface area contributed by atoms with Gasteiger partial charge in [-0.3, -0.25) is 4.79 Å². The maximum absolute atomic E-state index is 12.9. The molecule has 0 bridgehead atoms. The molecule has 1 aromatic carbocycles. The molecule has 3 nitrogen and oxygen atoms in total. The number of rotatable bonds is 4. The first kappa shape index (κ1) is 15.9. The molecule has 2 N–H and O–H groups in total. The number of hydrogen-bond donors (Lipinski definition) is 2. The van der Waals surface area contributed by atoms with E-state index < -0.39 is 0 Å². The van der Waals surface area contributed by atoms with Gasteiger partial charge in [0, 0.05) is 12.1 Å². The van der Waals surface area contributed by atoms with E-state index in [1.807, 2.05) is 0 Å². The van der Waals surface area contributed by atoms with Crippen LogP contribution in [0, 0.1) is 18.7 Å². The van der Waals surface area contributed by atoms with Crippen LogP contribution >= 0.6 is 12.4 Å². The lowest BCUT2D eigenvalue weighted by Crippen LogP contribution is -2.27. The zero-order chi connectivity index (χ0) is 13.0. The lowest BCUT2D eigenvalue weighted by molar-refractivity contribution is 0.0951. The second kappa shape index (κ2) is 7.46. The third kappa shape index (κ3) is 4.48. The van der Waals surface area contributed by atoms with Crippen LogP contribution in [0.25, 0.3) is 0 Å². The molecule has 1 aromatic rings. The fourth-order valence-corrected chi connectivity index (χ4v) is 2.33. The Morgan fingerprint density at radius 1 is 1.53 bits per heavy atom. The summed E-state index contributed by atoms with van der Waals surface area (Å²) in [5.74, 6) is 0.249. The van der Waals surface area contributed by atoms with Crippen molar-refractivity contribution in [3.63, 3.8) is 0 Å². The van der Waals surface area contributed by atoms with Crippen molar-refractivity contribution in [3.8, 4) is 0 Å². The second-order valence-electron chi connectivity index (χ2n) is 4.86. The number of nitrogens with one attached hydrogen (secondary N) is 2. The highest BCUT2D eigenvalue weighted by atomic mass is 35.5. The van der Waals surface area contributed by atoms with Crippen LogP contribution in [0.15, 0.2) is 18.2 Å². The minimum absolute atomic E-state index is 0. The molecule has 106 valence electrons. The fraction of sp³-hybridized carbons (Fsp3) is 0.500. The van der Waals surface area contributed by atoms with Crippen LogP contribution in [0.2, 0.25) is 0 Å². The molecular formula is C14H20ClFN2O. The van der Waals surface area contributed by atoms with Gasteiger partial charge in [-0.05, 0) is 62.5 Å². The molecule has 1 saturated heterocycles. The van der Waals surface area contributed by atoms with Crippen LogP contribution in [-0.2, 0) is 0 Å². The molecule has 1 aliphatic rings. The summed E-state index contributed by atoms with van der Waals surface area (Å²) in [6.45, 7) is 4.56. The minimum Gasteiger partial charge on any atom is -0.352 e. The summed E-state index contributed by atoms with van der Waals surface area (Å²) in [5, 5.41) is 6.20. The molecule has 5 heteroatoms. The number of hydrogen-bond acceptors (Lipinski definition) is 2. The van der Waals surface area contributed by atoms with E-state index in [2.05, 4.69) is 10.6 Å². The number of halogens is 2. The zero-order valence-corrected chi connectivity index (χ0v) is 11.9. The average molecular weight is 287 g/mol. The summed E-state index contributed by atoms with van der Waals surface area (Å²) in [5.41, 5.74) is 1.23. The van der Waals surface area contributed by atoms with Crippen molar-refractivity contribution >= 4 is 18.3 Å². The minimum atomic E-state index is -0.305. The van der Waals surface area contributed by atoms with E-state index in [1.165, 1.54) is 24.6 Å². The number of benzene rings is 1. The Labute approximate surface area is 119 Å². The Balaban J connectivity index is 0.00000180. The van der Waals surface area contributed by atoms with Crippen molar-refractivity contribution in [2.24, 2.45) is 5.92 Å². The first-order valence-corrected chi connectivity index (χ1v) is 6.42. The van der Waals surface area contributed by atoms with Gasteiger partial charge in [0.15, 0.2) is 0 Å². The van der Waals surface area contributed by atoms with Gasteiger partial charge >= 0.3 is 0 Å². The standard InChI is InChI=1S/C14H19FN2O.ClH/c1-10-8-12(15)2-3-13(10)14(18)17-7-5-11-4-6-16-9-11;/h2-3,8,11,16H,4-7,9H2,1H3,(H,17,18);1H. The summed E-state index contributed by atoms with van der Waals surface area (Å²) in [4.78, 5) is 11.9. The van der Waals surface area contributed by atoms with Gasteiger partial charge in [-0.15, -0.1) is 12.4 Å². The van der Waals surface area contributed by atoms with Crippen molar-refractivity contribution in [1.29, 1.82) is 0 Å². The average Bonchev–Trinajstić information content (AvgIpc) is 2.81. The Morgan fingerprint density at radius 2 is 2.32 bits per heavy atom. The van der Waals surface area contributed by atoms with E-state index in [0.29, 0.717) is 23.6 Å². The first-order chi connectivity index (χ1) is 8.66. The molecule has 1 amide bonds. The summed E-state index contributed by atoms with van der Waals surface area (Å²) in [6.07, 6.45) is 2.18. The van der Waals surface area contributed by atoms with Crippen LogP contribution in [0.5, 0.6) is 0 Å². The predicted molar refractivity (Wildman–Crippen MR) is 76.3 cm³/mol. The van der Waals surface area contributed by atoms with Gasteiger partial charge in [-0.2, -0.15) is 0 Å². The van der Waals surface area contributed by atoms with Gasteiger partial charge in [0.25, 0.3) is 5.91 Å². The normalized spacial score (nSPS) is 17.9. The highest BCUT2D eigenvalue weighted by Crippen LogP contribution is 2.12. The highest BCUT2D eigenvalue weighted by molar-refractivity contribution is 5.95. The Morgan fingerprint density at radius 3 is 2.95 bits per heavy atom. The quantitative estimate of drug-likeness (QED) is 0.892. The van der Waals surface area contributed by atoms with E-state index in [0.717, 1.165) is 19.5 Å². The maximum atomic E-state index is 12.9. The van der Waals surface area contributed by atoms with E-state index in [1.54, 1.807) is 6.92 Å². The van der Waals surface area contributed by atoms with Gasteiger partial charge < -0.3 is 10.6 Å². The number of carbonyl (C=O) groups is 1. The molecule has 0 saturated carbocycles. The van der Waals surface area contributed by atoms with Crippen molar-refractivity contribution in [1.82, 2.24) is 10.6 Å². The van der Waals surface area contributed by atoms with Crippen LogP contribution in [0.4, 0.5) is 4.39 Å². The van der Waals surface area contributed by atoms with Crippen LogP contribution in [0.3, 0.4) is 0 Å². The van der Waals surface area contributed by atoms with E-state index in [4.69, 9.17) is 0 Å². The Hall–Kier alpha value is -1.13. The van der Waals surface area contributed by atoms with Gasteiger partial charge in [-0.1, -0.05) is 0 Å². The molecule has 0 aliphatic carbocycles. The molecule has 0 radical (unpaired) electrons. The third-order valence-electron chi connectivity index (χ3n) is 3.43. The van der Waals surface area contributed by atoms with Crippen molar-refractivity contribution < 1.29 is 9.18 Å². The van der Waals surface area contributed by atoms with Crippen molar-refractivity contribution in [2.45, 2.75) is 19.8 Å². The summed E-state index contributed by atoms with van der Waals surface area (Å²) < 4.78 is 12.9. The van der Waals surface area contributed by atoms with E-state index in [-0.39, 0.29) is 24.1 Å². The van der Waals surface area contributed by atoms with E-state index >= 15 is 0 Å². The Kier molecular flexibility index (Phi) is 6.25. The van der Waals surface area contributed by atoms with Gasteiger partial charge in [0.1, 0.15) is 5.82 Å². The van der Waals surface area contributed by atoms with Crippen LogP contribution in [-0.4, -0.2) is 25.5 Å². The topological polar surface area (TPSA) is 41.1 Å². The largest absolute Gasteiger partial charge is 0.352 e. The second-order valence-corrected chi connectivity index (χ2v) is 4.86. The molecule has 1 atom stereocenters. The molecular weight excluding hydrogens is 267 g/mol. The van der Waals surface area contributed by atoms with Crippen LogP contribution in [0.1, 0.15) is 28.8 Å². The SMILES string of the molecule is Cc1cc(F)ccc1C(=O)NCCC1CCNC1.Cl. The zero-order valence-electron chi connectivity index (χ0n) is 11.0. The predicted octanol–water partition coefficient (Wildman–Crippen LogP) is 2.29. The fourth-order valence-electron chi connectivity index (χ4n) is 2.33. The molecule has 1 aliphatic heterocycles. The van der Waals surface area contributed by atoms with Gasteiger partial charge in [-0.25, -0.2) is 4.39 Å². The molecule has 19 heavy (non-hydrogen) atoms. The summed E-state index contributed by atoms with van der Waals surface area (Å²) in [6, 6.07) is 4.25. The maximum Gasteiger partial charge on any atom is 0.251 e. The lowest BCUT2D eigenvalue weighted by Gasteiger charge is -2.10. The first-order valence-electron chi connectivity index (χ1n) is 6.42. The smallest absolute Gasteiger partial charge is 0.251 e. The Bertz CT molecular complexity index is 433. The van der Waals surface area contributed by atoms with Gasteiger partial charge in [0.05, 0.1) is 0 Å². The van der Waals surface area contributed by atoms with Crippen molar-refractivity contribution in [3.05, 3.63) is 35.1 Å². The summed E-state index contributed by atoms with van der Waals surface area (Å²) >= 11 is 0. The number of carbonyl (C=O) groups excluding carboxylic acids is 1. The lowest BCUT2D eigenvalue weighted by atomic mass is 10.0. The van der Waals surface area contributed by atoms with E-state index in [9.17, 15) is 9.18 Å². The van der Waals surface area contributed by atoms with Gasteiger partial charge in [0.2, 0.25) is 0 Å².